The van der Waals surface area contributed by atoms with E-state index < -0.39 is 21.2 Å². The fourth-order valence-corrected chi connectivity index (χ4v) is 5.05. The Bertz CT molecular complexity index is 527. The molecule has 0 heterocycles. The summed E-state index contributed by atoms with van der Waals surface area (Å²) in [7, 11) is -3.56. The predicted octanol–water partition coefficient (Wildman–Crippen LogP) is 3.20. The third kappa shape index (κ3) is 3.30. The van der Waals surface area contributed by atoms with Crippen LogP contribution >= 0.6 is 11.6 Å². The summed E-state index contributed by atoms with van der Waals surface area (Å²) in [5.74, 6) is 0. The van der Waals surface area contributed by atoms with Gasteiger partial charge in [0.1, 0.15) is 0 Å². The van der Waals surface area contributed by atoms with Gasteiger partial charge < -0.3 is 5.11 Å². The molecule has 0 saturated heterocycles. The van der Waals surface area contributed by atoms with Gasteiger partial charge in [-0.05, 0) is 25.0 Å². The Morgan fingerprint density at radius 2 is 1.68 bits per heavy atom. The normalized spacial score (nSPS) is 25.6. The highest BCUT2D eigenvalue weighted by molar-refractivity contribution is 7.92. The van der Waals surface area contributed by atoms with E-state index in [2.05, 4.69) is 0 Å². The number of hydrogen-bond acceptors (Lipinski definition) is 3. The average molecular weight is 303 g/mol. The van der Waals surface area contributed by atoms with E-state index in [1.165, 1.54) is 6.07 Å². The molecule has 5 heteroatoms. The molecular formula is C14H19ClO3S. The van der Waals surface area contributed by atoms with Crippen LogP contribution in [-0.4, -0.2) is 24.9 Å². The molecular weight excluding hydrogens is 284 g/mol. The van der Waals surface area contributed by atoms with Crippen molar-refractivity contribution in [2.24, 2.45) is 0 Å². The Hall–Kier alpha value is -0.580. The molecule has 3 nitrogen and oxygen atoms in total. The molecule has 1 aromatic carbocycles. The second-order valence-corrected chi connectivity index (χ2v) is 7.62. The standard InChI is InChI=1S/C14H19ClO3S/c15-11-7-5-6-9-13(11)19(17,18)14-10-4-2-1-3-8-12(14)16/h5-7,9,12,14,16H,1-4,8,10H2. The summed E-state index contributed by atoms with van der Waals surface area (Å²) in [5, 5.41) is 9.64. The highest BCUT2D eigenvalue weighted by Gasteiger charge is 2.34. The van der Waals surface area contributed by atoms with Gasteiger partial charge in [-0.1, -0.05) is 49.4 Å². The second kappa shape index (κ2) is 6.25. The quantitative estimate of drug-likeness (QED) is 0.913. The average Bonchev–Trinajstić information content (AvgIpc) is 2.34. The Morgan fingerprint density at radius 3 is 2.37 bits per heavy atom. The van der Waals surface area contributed by atoms with Gasteiger partial charge >= 0.3 is 0 Å². The molecule has 1 aliphatic rings. The van der Waals surface area contributed by atoms with Crippen molar-refractivity contribution < 1.29 is 13.5 Å². The first-order valence-corrected chi connectivity index (χ1v) is 8.62. The van der Waals surface area contributed by atoms with Crippen molar-refractivity contribution in [3.63, 3.8) is 0 Å². The molecule has 0 bridgehead atoms. The van der Waals surface area contributed by atoms with Crippen molar-refractivity contribution in [2.75, 3.05) is 0 Å². The molecule has 2 unspecified atom stereocenters. The zero-order valence-corrected chi connectivity index (χ0v) is 12.3. The largest absolute Gasteiger partial charge is 0.392 e. The lowest BCUT2D eigenvalue weighted by atomic mass is 9.98. The van der Waals surface area contributed by atoms with Crippen LogP contribution in [0.2, 0.25) is 5.02 Å². The smallest absolute Gasteiger partial charge is 0.185 e. The van der Waals surface area contributed by atoms with E-state index in [1.807, 2.05) is 0 Å². The van der Waals surface area contributed by atoms with Crippen LogP contribution < -0.4 is 0 Å². The molecule has 0 radical (unpaired) electrons. The van der Waals surface area contributed by atoms with Crippen LogP contribution in [-0.2, 0) is 9.84 Å². The van der Waals surface area contributed by atoms with Crippen LogP contribution in [0.15, 0.2) is 29.2 Å². The van der Waals surface area contributed by atoms with E-state index in [4.69, 9.17) is 11.6 Å². The summed E-state index contributed by atoms with van der Waals surface area (Å²) in [6.45, 7) is 0. The fraction of sp³-hybridized carbons (Fsp3) is 0.571. The van der Waals surface area contributed by atoms with Gasteiger partial charge in [0.25, 0.3) is 0 Å². The number of halogens is 1. The fourth-order valence-electron chi connectivity index (χ4n) is 2.63. The van der Waals surface area contributed by atoms with Gasteiger partial charge in [-0.15, -0.1) is 0 Å². The van der Waals surface area contributed by atoms with Crippen LogP contribution in [0, 0.1) is 0 Å². The number of aliphatic hydroxyl groups is 1. The van der Waals surface area contributed by atoms with Crippen LogP contribution in [0.3, 0.4) is 0 Å². The zero-order valence-electron chi connectivity index (χ0n) is 10.8. The first-order valence-electron chi connectivity index (χ1n) is 6.70. The van der Waals surface area contributed by atoms with Crippen LogP contribution in [0.5, 0.6) is 0 Å². The highest BCUT2D eigenvalue weighted by atomic mass is 35.5. The third-order valence-electron chi connectivity index (χ3n) is 3.71. The number of sulfone groups is 1. The van der Waals surface area contributed by atoms with Gasteiger partial charge in [0.2, 0.25) is 0 Å². The highest BCUT2D eigenvalue weighted by Crippen LogP contribution is 2.31. The lowest BCUT2D eigenvalue weighted by Gasteiger charge is -2.25. The molecule has 1 N–H and O–H groups in total. The topological polar surface area (TPSA) is 54.4 Å². The van der Waals surface area contributed by atoms with E-state index in [0.717, 1.165) is 25.7 Å². The van der Waals surface area contributed by atoms with Gasteiger partial charge in [-0.25, -0.2) is 8.42 Å². The molecule has 106 valence electrons. The number of benzene rings is 1. The van der Waals surface area contributed by atoms with Gasteiger partial charge in [0.05, 0.1) is 21.3 Å². The first-order chi connectivity index (χ1) is 9.03. The third-order valence-corrected chi connectivity index (χ3v) is 6.47. The predicted molar refractivity (Wildman–Crippen MR) is 76.1 cm³/mol. The molecule has 1 aromatic rings. The molecule has 1 aliphatic carbocycles. The minimum atomic E-state index is -3.56. The zero-order chi connectivity index (χ0) is 13.9. The summed E-state index contributed by atoms with van der Waals surface area (Å²) in [6, 6.07) is 6.46. The Kier molecular flexibility index (Phi) is 4.87. The number of aliphatic hydroxyl groups excluding tert-OH is 1. The molecule has 0 aliphatic heterocycles. The van der Waals surface area contributed by atoms with E-state index in [-0.39, 0.29) is 9.92 Å². The van der Waals surface area contributed by atoms with Crippen molar-refractivity contribution in [1.29, 1.82) is 0 Å². The minimum absolute atomic E-state index is 0.140. The van der Waals surface area contributed by atoms with Crippen LogP contribution in [0.1, 0.15) is 38.5 Å². The van der Waals surface area contributed by atoms with Crippen molar-refractivity contribution in [3.05, 3.63) is 29.3 Å². The van der Waals surface area contributed by atoms with Gasteiger partial charge in [0.15, 0.2) is 9.84 Å². The molecule has 1 saturated carbocycles. The lowest BCUT2D eigenvalue weighted by molar-refractivity contribution is 0.144. The van der Waals surface area contributed by atoms with Crippen LogP contribution in [0.4, 0.5) is 0 Å². The van der Waals surface area contributed by atoms with Crippen molar-refractivity contribution in [1.82, 2.24) is 0 Å². The van der Waals surface area contributed by atoms with Crippen molar-refractivity contribution in [2.45, 2.75) is 54.8 Å². The molecule has 2 atom stereocenters. The lowest BCUT2D eigenvalue weighted by Crippen LogP contribution is -2.35. The molecule has 1 fully saturated rings. The van der Waals surface area contributed by atoms with Gasteiger partial charge in [0, 0.05) is 0 Å². The maximum absolute atomic E-state index is 12.6. The molecule has 0 amide bonds. The van der Waals surface area contributed by atoms with Crippen molar-refractivity contribution >= 4 is 21.4 Å². The van der Waals surface area contributed by atoms with Crippen molar-refractivity contribution in [3.8, 4) is 0 Å². The van der Waals surface area contributed by atoms with Crippen LogP contribution in [0.25, 0.3) is 0 Å². The maximum atomic E-state index is 12.6. The summed E-state index contributed by atoms with van der Waals surface area (Å²) < 4.78 is 25.3. The molecule has 0 aromatic heterocycles. The SMILES string of the molecule is O=S(=O)(c1ccccc1Cl)C1CCCCCCC1O. The summed E-state index contributed by atoms with van der Waals surface area (Å²) in [6.07, 6.45) is 4.09. The van der Waals surface area contributed by atoms with Gasteiger partial charge in [-0.2, -0.15) is 0 Å². The van der Waals surface area contributed by atoms with E-state index in [0.29, 0.717) is 12.8 Å². The Balaban J connectivity index is 2.34. The summed E-state index contributed by atoms with van der Waals surface area (Å²) in [5.41, 5.74) is 0. The summed E-state index contributed by atoms with van der Waals surface area (Å²) in [4.78, 5) is 0.140. The number of hydrogen-bond donors (Lipinski definition) is 1. The first kappa shape index (κ1) is 14.8. The van der Waals surface area contributed by atoms with E-state index in [1.54, 1.807) is 18.2 Å². The monoisotopic (exact) mass is 302 g/mol. The Labute approximate surface area is 119 Å². The number of rotatable bonds is 2. The van der Waals surface area contributed by atoms with Gasteiger partial charge in [-0.3, -0.25) is 0 Å². The summed E-state index contributed by atoms with van der Waals surface area (Å²) >= 11 is 5.99. The van der Waals surface area contributed by atoms with E-state index in [9.17, 15) is 13.5 Å². The maximum Gasteiger partial charge on any atom is 0.185 e. The molecule has 0 spiro atoms. The Morgan fingerprint density at radius 1 is 1.05 bits per heavy atom. The molecule has 19 heavy (non-hydrogen) atoms. The minimum Gasteiger partial charge on any atom is -0.392 e. The second-order valence-electron chi connectivity index (χ2n) is 5.07. The molecule has 2 rings (SSSR count). The van der Waals surface area contributed by atoms with E-state index >= 15 is 0 Å².